The summed E-state index contributed by atoms with van der Waals surface area (Å²) in [6, 6.07) is 8.96. The molecule has 4 heteroatoms. The average Bonchev–Trinajstić information content (AvgIpc) is 2.86. The number of halogens is 2. The van der Waals surface area contributed by atoms with Crippen LogP contribution in [0.2, 0.25) is 0 Å². The fraction of sp³-hybridized carbons (Fsp3) is 0.286. The van der Waals surface area contributed by atoms with Crippen LogP contribution in [-0.2, 0) is 18.4 Å². The SMILES string of the molecule is OC1(Cc2ccc(Br)s2)CCc2c(F)cccc21. The minimum Gasteiger partial charge on any atom is -0.385 e. The Kier molecular flexibility index (Phi) is 3.04. The quantitative estimate of drug-likeness (QED) is 0.883. The predicted molar refractivity (Wildman–Crippen MR) is 74.3 cm³/mol. The summed E-state index contributed by atoms with van der Waals surface area (Å²) in [6.07, 6.45) is 1.77. The molecule has 0 bridgehead atoms. The Balaban J connectivity index is 1.96. The molecule has 0 amide bonds. The van der Waals surface area contributed by atoms with Gasteiger partial charge in [-0.2, -0.15) is 0 Å². The molecule has 1 atom stereocenters. The van der Waals surface area contributed by atoms with Gasteiger partial charge in [-0.15, -0.1) is 11.3 Å². The number of rotatable bonds is 2. The Morgan fingerprint density at radius 2 is 2.17 bits per heavy atom. The van der Waals surface area contributed by atoms with Crippen molar-refractivity contribution in [2.75, 3.05) is 0 Å². The Bertz CT molecular complexity index is 595. The highest BCUT2D eigenvalue weighted by Crippen LogP contribution is 2.41. The van der Waals surface area contributed by atoms with E-state index >= 15 is 0 Å². The van der Waals surface area contributed by atoms with Gasteiger partial charge in [0.05, 0.1) is 9.39 Å². The van der Waals surface area contributed by atoms with Gasteiger partial charge >= 0.3 is 0 Å². The molecule has 1 N–H and O–H groups in total. The van der Waals surface area contributed by atoms with Crippen molar-refractivity contribution < 1.29 is 9.50 Å². The summed E-state index contributed by atoms with van der Waals surface area (Å²) >= 11 is 5.03. The number of thiophene rings is 1. The van der Waals surface area contributed by atoms with Crippen LogP contribution in [0.25, 0.3) is 0 Å². The van der Waals surface area contributed by atoms with Crippen LogP contribution < -0.4 is 0 Å². The zero-order valence-corrected chi connectivity index (χ0v) is 12.0. The molecule has 2 aromatic rings. The second-order valence-corrected chi connectivity index (χ2v) is 7.23. The second kappa shape index (κ2) is 4.44. The third kappa shape index (κ3) is 2.02. The first kappa shape index (κ1) is 12.3. The predicted octanol–water partition coefficient (Wildman–Crippen LogP) is 4.03. The molecule has 0 spiro atoms. The number of benzene rings is 1. The molecule has 94 valence electrons. The van der Waals surface area contributed by atoms with Crippen LogP contribution in [0.5, 0.6) is 0 Å². The maximum absolute atomic E-state index is 13.7. The van der Waals surface area contributed by atoms with Crippen LogP contribution in [0.3, 0.4) is 0 Å². The topological polar surface area (TPSA) is 20.2 Å². The van der Waals surface area contributed by atoms with E-state index in [1.807, 2.05) is 18.2 Å². The Morgan fingerprint density at radius 3 is 2.89 bits per heavy atom. The molecule has 1 unspecified atom stereocenters. The van der Waals surface area contributed by atoms with Gasteiger partial charge in [-0.1, -0.05) is 12.1 Å². The van der Waals surface area contributed by atoms with E-state index in [1.165, 1.54) is 6.07 Å². The summed E-state index contributed by atoms with van der Waals surface area (Å²) in [5.41, 5.74) is 0.518. The highest BCUT2D eigenvalue weighted by atomic mass is 79.9. The van der Waals surface area contributed by atoms with E-state index < -0.39 is 5.60 Å². The van der Waals surface area contributed by atoms with Gasteiger partial charge in [-0.25, -0.2) is 4.39 Å². The maximum atomic E-state index is 13.7. The van der Waals surface area contributed by atoms with Crippen molar-refractivity contribution in [1.29, 1.82) is 0 Å². The van der Waals surface area contributed by atoms with Crippen molar-refractivity contribution in [2.24, 2.45) is 0 Å². The van der Waals surface area contributed by atoms with Crippen molar-refractivity contribution in [3.8, 4) is 0 Å². The van der Waals surface area contributed by atoms with Gasteiger partial charge in [-0.3, -0.25) is 0 Å². The first-order chi connectivity index (χ1) is 8.58. The highest BCUT2D eigenvalue weighted by Gasteiger charge is 2.38. The van der Waals surface area contributed by atoms with E-state index in [0.29, 0.717) is 24.8 Å². The maximum Gasteiger partial charge on any atom is 0.126 e. The van der Waals surface area contributed by atoms with Crippen molar-refractivity contribution in [2.45, 2.75) is 24.9 Å². The van der Waals surface area contributed by atoms with Crippen LogP contribution in [0.4, 0.5) is 4.39 Å². The van der Waals surface area contributed by atoms with E-state index in [0.717, 1.165) is 14.2 Å². The molecule has 3 rings (SSSR count). The summed E-state index contributed by atoms with van der Waals surface area (Å²) in [4.78, 5) is 1.11. The van der Waals surface area contributed by atoms with Gasteiger partial charge in [0.1, 0.15) is 5.82 Å². The summed E-state index contributed by atoms with van der Waals surface area (Å²) in [5, 5.41) is 10.8. The highest BCUT2D eigenvalue weighted by molar-refractivity contribution is 9.11. The van der Waals surface area contributed by atoms with Gasteiger partial charge in [0.2, 0.25) is 0 Å². The summed E-state index contributed by atoms with van der Waals surface area (Å²) < 4.78 is 14.7. The monoisotopic (exact) mass is 326 g/mol. The first-order valence-corrected chi connectivity index (χ1v) is 7.44. The van der Waals surface area contributed by atoms with Crippen LogP contribution in [-0.4, -0.2) is 5.11 Å². The number of fused-ring (bicyclic) bond motifs is 1. The second-order valence-electron chi connectivity index (χ2n) is 4.68. The smallest absolute Gasteiger partial charge is 0.126 e. The van der Waals surface area contributed by atoms with Gasteiger partial charge in [0.25, 0.3) is 0 Å². The van der Waals surface area contributed by atoms with E-state index in [-0.39, 0.29) is 5.82 Å². The largest absolute Gasteiger partial charge is 0.385 e. The Morgan fingerprint density at radius 1 is 1.33 bits per heavy atom. The van der Waals surface area contributed by atoms with E-state index in [2.05, 4.69) is 15.9 Å². The molecular weight excluding hydrogens is 315 g/mol. The molecule has 0 radical (unpaired) electrons. The zero-order valence-electron chi connectivity index (χ0n) is 9.62. The van der Waals surface area contributed by atoms with Crippen molar-refractivity contribution >= 4 is 27.3 Å². The lowest BCUT2D eigenvalue weighted by Gasteiger charge is -2.23. The molecule has 1 heterocycles. The van der Waals surface area contributed by atoms with Crippen LogP contribution in [0.1, 0.15) is 22.4 Å². The van der Waals surface area contributed by atoms with E-state index in [4.69, 9.17) is 0 Å². The van der Waals surface area contributed by atoms with Crippen LogP contribution >= 0.6 is 27.3 Å². The summed E-state index contributed by atoms with van der Waals surface area (Å²) in [7, 11) is 0. The Labute approximate surface area is 117 Å². The van der Waals surface area contributed by atoms with Gasteiger partial charge in [0, 0.05) is 11.3 Å². The summed E-state index contributed by atoms with van der Waals surface area (Å²) in [5.74, 6) is -0.198. The normalized spacial score (nSPS) is 22.2. The van der Waals surface area contributed by atoms with Crippen molar-refractivity contribution in [3.05, 3.63) is 55.9 Å². The fourth-order valence-corrected chi connectivity index (χ4v) is 4.22. The van der Waals surface area contributed by atoms with Crippen LogP contribution in [0.15, 0.2) is 34.1 Å². The van der Waals surface area contributed by atoms with Gasteiger partial charge in [-0.05, 0) is 58.1 Å². The summed E-state index contributed by atoms with van der Waals surface area (Å²) in [6.45, 7) is 0. The fourth-order valence-electron chi connectivity index (χ4n) is 2.63. The third-order valence-corrected chi connectivity index (χ3v) is 5.13. The average molecular weight is 327 g/mol. The molecule has 1 aliphatic carbocycles. The molecule has 1 aliphatic rings. The van der Waals surface area contributed by atoms with Crippen LogP contribution in [0, 0.1) is 5.82 Å². The molecular formula is C14H12BrFOS. The Hall–Kier alpha value is -0.710. The van der Waals surface area contributed by atoms with Crippen molar-refractivity contribution in [1.82, 2.24) is 0 Å². The molecule has 18 heavy (non-hydrogen) atoms. The lowest BCUT2D eigenvalue weighted by Crippen LogP contribution is -2.24. The van der Waals surface area contributed by atoms with Crippen molar-refractivity contribution in [3.63, 3.8) is 0 Å². The molecule has 1 nitrogen and oxygen atoms in total. The van der Waals surface area contributed by atoms with Gasteiger partial charge in [0.15, 0.2) is 0 Å². The molecule has 0 fully saturated rings. The third-order valence-electron chi connectivity index (χ3n) is 3.50. The minimum atomic E-state index is -0.915. The molecule has 1 aromatic carbocycles. The van der Waals surface area contributed by atoms with E-state index in [1.54, 1.807) is 17.4 Å². The molecule has 0 saturated carbocycles. The lowest BCUT2D eigenvalue weighted by atomic mass is 9.91. The molecule has 1 aromatic heterocycles. The lowest BCUT2D eigenvalue weighted by molar-refractivity contribution is 0.0397. The first-order valence-electron chi connectivity index (χ1n) is 5.83. The molecule has 0 saturated heterocycles. The number of aliphatic hydroxyl groups is 1. The van der Waals surface area contributed by atoms with Gasteiger partial charge < -0.3 is 5.11 Å². The number of hydrogen-bond donors (Lipinski definition) is 1. The minimum absolute atomic E-state index is 0.198. The van der Waals surface area contributed by atoms with E-state index in [9.17, 15) is 9.50 Å². The standard InChI is InChI=1S/C14H12BrFOS/c15-13-5-4-9(18-13)8-14(17)7-6-10-11(14)2-1-3-12(10)16/h1-5,17H,6-8H2. The number of hydrogen-bond acceptors (Lipinski definition) is 2. The zero-order chi connectivity index (χ0) is 12.8. The molecule has 0 aliphatic heterocycles.